The number of carbonyl (C=O) groups is 3. The standard InChI is InChI=1S/C41H54FNO7/c1-3-5-6-7-8-9-10-11-12-13-14-15-16-20-31-48-36-29-25-35(26-30-36)43-39(45)41(42,40(46)47-4-2)50-37-27-23-34(24-28-37)38(44)49-32-33-21-18-17-19-22-33/h17-19,21-30H,3-16,20,31-32H2,1-2H3,(H,43,45). The summed E-state index contributed by atoms with van der Waals surface area (Å²) in [5, 5.41) is 2.38. The summed E-state index contributed by atoms with van der Waals surface area (Å²) in [7, 11) is 0. The topological polar surface area (TPSA) is 100 Å². The van der Waals surface area contributed by atoms with Gasteiger partial charge in [-0.1, -0.05) is 121 Å². The molecule has 0 bridgehead atoms. The van der Waals surface area contributed by atoms with Crippen molar-refractivity contribution in [3.8, 4) is 11.5 Å². The minimum Gasteiger partial charge on any atom is -0.494 e. The van der Waals surface area contributed by atoms with Gasteiger partial charge in [-0.05, 0) is 67.4 Å². The molecule has 0 spiro atoms. The molecule has 0 saturated carbocycles. The van der Waals surface area contributed by atoms with E-state index in [2.05, 4.69) is 12.2 Å². The largest absolute Gasteiger partial charge is 0.494 e. The number of hydrogen-bond acceptors (Lipinski definition) is 7. The molecule has 0 heterocycles. The summed E-state index contributed by atoms with van der Waals surface area (Å²) < 4.78 is 37.2. The van der Waals surface area contributed by atoms with Crippen LogP contribution in [0, 0.1) is 0 Å². The predicted molar refractivity (Wildman–Crippen MR) is 194 cm³/mol. The summed E-state index contributed by atoms with van der Waals surface area (Å²) in [4.78, 5) is 38.1. The minimum absolute atomic E-state index is 0.0845. The van der Waals surface area contributed by atoms with Crippen molar-refractivity contribution in [1.29, 1.82) is 0 Å². The Morgan fingerprint density at radius 2 is 1.18 bits per heavy atom. The number of esters is 2. The van der Waals surface area contributed by atoms with E-state index in [-0.39, 0.29) is 30.2 Å². The van der Waals surface area contributed by atoms with Crippen molar-refractivity contribution in [1.82, 2.24) is 0 Å². The molecule has 0 aliphatic rings. The van der Waals surface area contributed by atoms with Crippen LogP contribution >= 0.6 is 0 Å². The summed E-state index contributed by atoms with van der Waals surface area (Å²) in [6.45, 7) is 4.24. The first-order valence-electron chi connectivity index (χ1n) is 18.3. The van der Waals surface area contributed by atoms with Crippen molar-refractivity contribution >= 4 is 23.5 Å². The first-order chi connectivity index (χ1) is 24.4. The summed E-state index contributed by atoms with van der Waals surface area (Å²) in [6.07, 6.45) is 18.1. The van der Waals surface area contributed by atoms with Crippen molar-refractivity contribution in [2.75, 3.05) is 18.5 Å². The highest BCUT2D eigenvalue weighted by Gasteiger charge is 2.52. The average molecular weight is 692 g/mol. The second kappa shape index (κ2) is 23.1. The van der Waals surface area contributed by atoms with Crippen molar-refractivity contribution in [2.24, 2.45) is 0 Å². The number of hydrogen-bond donors (Lipinski definition) is 1. The van der Waals surface area contributed by atoms with Crippen molar-refractivity contribution in [3.63, 3.8) is 0 Å². The Kier molecular flexibility index (Phi) is 18.5. The van der Waals surface area contributed by atoms with Crippen molar-refractivity contribution < 1.29 is 37.7 Å². The average Bonchev–Trinajstić information content (AvgIpc) is 3.13. The smallest absolute Gasteiger partial charge is 0.425 e. The molecule has 3 rings (SSSR count). The molecule has 9 heteroatoms. The van der Waals surface area contributed by atoms with Gasteiger partial charge in [-0.3, -0.25) is 4.79 Å². The molecule has 0 fully saturated rings. The Bertz CT molecular complexity index is 1400. The molecule has 1 unspecified atom stereocenters. The molecule has 50 heavy (non-hydrogen) atoms. The molecule has 0 radical (unpaired) electrons. The third-order valence-corrected chi connectivity index (χ3v) is 8.27. The zero-order valence-corrected chi connectivity index (χ0v) is 29.8. The molecule has 3 aromatic rings. The van der Waals surface area contributed by atoms with Gasteiger partial charge in [0, 0.05) is 5.69 Å². The van der Waals surface area contributed by atoms with E-state index in [0.717, 1.165) is 18.4 Å². The van der Waals surface area contributed by atoms with Crippen LogP contribution in [0.2, 0.25) is 0 Å². The second-order valence-electron chi connectivity index (χ2n) is 12.4. The Morgan fingerprint density at radius 1 is 0.640 bits per heavy atom. The molecule has 1 N–H and O–H groups in total. The summed E-state index contributed by atoms with van der Waals surface area (Å²) in [5.74, 6) is -6.50. The van der Waals surface area contributed by atoms with Crippen molar-refractivity contribution in [2.45, 2.75) is 116 Å². The van der Waals surface area contributed by atoms with Crippen LogP contribution in [-0.4, -0.2) is 36.9 Å². The van der Waals surface area contributed by atoms with Crippen LogP contribution in [0.4, 0.5) is 10.1 Å². The predicted octanol–water partition coefficient (Wildman–Crippen LogP) is 10.2. The van der Waals surface area contributed by atoms with Crippen LogP contribution in [-0.2, 0) is 25.7 Å². The lowest BCUT2D eigenvalue weighted by Crippen LogP contribution is -2.51. The highest BCUT2D eigenvalue weighted by Crippen LogP contribution is 2.26. The van der Waals surface area contributed by atoms with Gasteiger partial charge < -0.3 is 24.3 Å². The Labute approximate surface area is 297 Å². The highest BCUT2D eigenvalue weighted by molar-refractivity contribution is 6.10. The highest BCUT2D eigenvalue weighted by atomic mass is 19.2. The molecule has 0 aliphatic heterocycles. The number of rotatable bonds is 25. The van der Waals surface area contributed by atoms with Gasteiger partial charge in [-0.25, -0.2) is 9.59 Å². The van der Waals surface area contributed by atoms with Crippen LogP contribution in [0.25, 0.3) is 0 Å². The Morgan fingerprint density at radius 3 is 1.74 bits per heavy atom. The quantitative estimate of drug-likeness (QED) is 0.0536. The summed E-state index contributed by atoms with van der Waals surface area (Å²) >= 11 is 0. The number of unbranched alkanes of at least 4 members (excludes halogenated alkanes) is 13. The molecule has 1 amide bonds. The van der Waals surface area contributed by atoms with E-state index in [1.165, 1.54) is 108 Å². The molecule has 0 aliphatic carbocycles. The summed E-state index contributed by atoms with van der Waals surface area (Å²) in [5.41, 5.74) is 1.25. The number of halogens is 1. The van der Waals surface area contributed by atoms with E-state index >= 15 is 4.39 Å². The lowest BCUT2D eigenvalue weighted by atomic mass is 10.0. The van der Waals surface area contributed by atoms with E-state index in [0.29, 0.717) is 12.4 Å². The maximum Gasteiger partial charge on any atom is 0.425 e. The Balaban J connectivity index is 1.39. The number of amides is 1. The van der Waals surface area contributed by atoms with Crippen LogP contribution in [0.15, 0.2) is 78.9 Å². The molecule has 0 saturated heterocycles. The fourth-order valence-corrected chi connectivity index (χ4v) is 5.37. The number of alkyl halides is 1. The van der Waals surface area contributed by atoms with Gasteiger partial charge in [-0.15, -0.1) is 0 Å². The zero-order valence-electron chi connectivity index (χ0n) is 29.8. The van der Waals surface area contributed by atoms with Gasteiger partial charge in [-0.2, -0.15) is 4.39 Å². The fourth-order valence-electron chi connectivity index (χ4n) is 5.37. The number of nitrogens with one attached hydrogen (secondary N) is 1. The van der Waals surface area contributed by atoms with Gasteiger partial charge in [0.1, 0.15) is 18.1 Å². The second-order valence-corrected chi connectivity index (χ2v) is 12.4. The third-order valence-electron chi connectivity index (χ3n) is 8.27. The number of carbonyl (C=O) groups excluding carboxylic acids is 3. The van der Waals surface area contributed by atoms with E-state index < -0.39 is 23.7 Å². The molecule has 1 atom stereocenters. The fraction of sp³-hybridized carbons (Fsp3) is 0.488. The monoisotopic (exact) mass is 691 g/mol. The van der Waals surface area contributed by atoms with E-state index in [1.54, 1.807) is 24.3 Å². The number of benzene rings is 3. The molecular formula is C41H54FNO7. The van der Waals surface area contributed by atoms with Gasteiger partial charge in [0.25, 0.3) is 0 Å². The van der Waals surface area contributed by atoms with Crippen LogP contribution in [0.5, 0.6) is 11.5 Å². The van der Waals surface area contributed by atoms with Crippen molar-refractivity contribution in [3.05, 3.63) is 90.0 Å². The molecule has 3 aromatic carbocycles. The van der Waals surface area contributed by atoms with E-state index in [4.69, 9.17) is 18.9 Å². The maximum atomic E-state index is 16.0. The lowest BCUT2D eigenvalue weighted by Gasteiger charge is -2.23. The molecular weight excluding hydrogens is 637 g/mol. The van der Waals surface area contributed by atoms with Gasteiger partial charge in [0.2, 0.25) is 0 Å². The summed E-state index contributed by atoms with van der Waals surface area (Å²) in [6, 6.07) is 20.9. The lowest BCUT2D eigenvalue weighted by molar-refractivity contribution is -0.183. The van der Waals surface area contributed by atoms with Gasteiger partial charge in [0.15, 0.2) is 0 Å². The van der Waals surface area contributed by atoms with Crippen LogP contribution in [0.3, 0.4) is 0 Å². The van der Waals surface area contributed by atoms with Crippen LogP contribution < -0.4 is 14.8 Å². The molecule has 272 valence electrons. The first-order valence-corrected chi connectivity index (χ1v) is 18.3. The maximum absolute atomic E-state index is 16.0. The number of ether oxygens (including phenoxy) is 4. The minimum atomic E-state index is -3.49. The van der Waals surface area contributed by atoms with Gasteiger partial charge >= 0.3 is 23.7 Å². The SMILES string of the molecule is CCCCCCCCCCCCCCCCOc1ccc(NC(=O)C(F)(Oc2ccc(C(=O)OCc3ccccc3)cc2)C(=O)OCC)cc1. The van der Waals surface area contributed by atoms with Gasteiger partial charge in [0.05, 0.1) is 18.8 Å². The Hall–Kier alpha value is -4.40. The van der Waals surface area contributed by atoms with E-state index in [9.17, 15) is 14.4 Å². The first kappa shape index (κ1) is 40.0. The normalized spacial score (nSPS) is 12.1. The van der Waals surface area contributed by atoms with Crippen LogP contribution in [0.1, 0.15) is 120 Å². The molecule has 8 nitrogen and oxygen atoms in total. The van der Waals surface area contributed by atoms with E-state index in [1.807, 2.05) is 30.3 Å². The molecule has 0 aromatic heterocycles. The zero-order chi connectivity index (χ0) is 35.9. The third kappa shape index (κ3) is 14.6. The number of anilines is 1.